The predicted octanol–water partition coefficient (Wildman–Crippen LogP) is -8.91. The van der Waals surface area contributed by atoms with Crippen LogP contribution in [0.3, 0.4) is 0 Å². The summed E-state index contributed by atoms with van der Waals surface area (Å²) in [4.78, 5) is 125. The van der Waals surface area contributed by atoms with Crippen LogP contribution in [0.1, 0.15) is 61.7 Å². The molecular weight excluding hydrogens is 788 g/mol. The van der Waals surface area contributed by atoms with E-state index < -0.39 is 135 Å². The van der Waals surface area contributed by atoms with Gasteiger partial charge >= 0.3 is 0 Å². The Morgan fingerprint density at radius 2 is 1.12 bits per heavy atom. The van der Waals surface area contributed by atoms with Gasteiger partial charge < -0.3 is 92.5 Å². The van der Waals surface area contributed by atoms with E-state index in [9.17, 15) is 73.5 Å². The van der Waals surface area contributed by atoms with Gasteiger partial charge in [0.15, 0.2) is 5.82 Å². The van der Waals surface area contributed by atoms with Crippen molar-refractivity contribution < 1.29 is 68.7 Å². The van der Waals surface area contributed by atoms with Gasteiger partial charge in [0, 0.05) is 49.6 Å². The Balaban J connectivity index is 1.44. The molecule has 0 aliphatic carbocycles. The van der Waals surface area contributed by atoms with Crippen LogP contribution in [-0.4, -0.2) is 107 Å². The molecule has 1 aromatic carbocycles. The third-order valence-corrected chi connectivity index (χ3v) is 8.57. The number of aromatic amines is 1. The van der Waals surface area contributed by atoms with Gasteiger partial charge in [-0.3, -0.25) is 29.0 Å². The molecular formula is C34H39N10O15-5. The third-order valence-electron chi connectivity index (χ3n) is 8.57. The molecule has 1 aromatic heterocycles. The highest BCUT2D eigenvalue weighted by Gasteiger charge is 2.23. The number of carboxylic acid groups (broad SMARTS) is 5. The van der Waals surface area contributed by atoms with Crippen LogP contribution in [0, 0.1) is 0 Å². The molecule has 2 aromatic rings. The first kappa shape index (κ1) is 45.9. The Kier molecular flexibility index (Phi) is 16.9. The predicted molar refractivity (Wildman–Crippen MR) is 189 cm³/mol. The summed E-state index contributed by atoms with van der Waals surface area (Å²) in [6, 6.07) is -1.43. The summed E-state index contributed by atoms with van der Waals surface area (Å²) < 4.78 is 0. The van der Waals surface area contributed by atoms with Crippen LogP contribution < -0.4 is 74.0 Å². The Hall–Kier alpha value is -7.47. The topological polar surface area (TPSA) is 425 Å². The second-order valence-corrected chi connectivity index (χ2v) is 13.0. The Morgan fingerprint density at radius 1 is 0.678 bits per heavy atom. The van der Waals surface area contributed by atoms with Gasteiger partial charge in [-0.15, -0.1) is 0 Å². The van der Waals surface area contributed by atoms with Crippen molar-refractivity contribution in [1.29, 1.82) is 0 Å². The molecule has 0 spiro atoms. The molecule has 25 heteroatoms. The van der Waals surface area contributed by atoms with Crippen LogP contribution in [0.25, 0.3) is 0 Å². The summed E-state index contributed by atoms with van der Waals surface area (Å²) in [5.74, 6) is -12.5. The van der Waals surface area contributed by atoms with Gasteiger partial charge in [0.05, 0.1) is 54.1 Å². The average molecular weight is 828 g/mol. The van der Waals surface area contributed by atoms with E-state index in [1.165, 1.54) is 24.3 Å². The summed E-state index contributed by atoms with van der Waals surface area (Å²) >= 11 is 0. The molecule has 0 bridgehead atoms. The van der Waals surface area contributed by atoms with E-state index >= 15 is 0 Å². The first-order valence-electron chi connectivity index (χ1n) is 17.8. The van der Waals surface area contributed by atoms with Gasteiger partial charge in [0.1, 0.15) is 5.69 Å². The number of carboxylic acids is 5. The molecule has 3 rings (SSSR count). The fourth-order valence-electron chi connectivity index (χ4n) is 5.46. The van der Waals surface area contributed by atoms with Crippen molar-refractivity contribution in [3.63, 3.8) is 0 Å². The van der Waals surface area contributed by atoms with Crippen LogP contribution >= 0.6 is 0 Å². The Labute approximate surface area is 332 Å². The number of H-pyrrole nitrogens is 1. The standard InChI is InChI=1S/C34H44N10O15/c35-34-43-27-26(29(51)44-34)38-17(14-37-27)13-36-16-3-1-15(2-4-16)28(50)42-21(33(58)59)7-11-24(47)40-19(31(54)55)5-9-22(45)39-18(30(52)53)6-10-23(46)41-20(32(56)57)8-12-25(48)49/h1-4,17-21,36,38H,5-14H2,(H,39,45)(H,40,47)(H,41,46)(H,42,50)(H,48,49)(H,52,53)(H,54,55)(H,56,57)(H,58,59)(H4,35,37,43,44,51)/p-5/t17-,18-,19-,20-,21-/m0/s1. The van der Waals surface area contributed by atoms with E-state index in [0.717, 1.165) is 0 Å². The number of fused-ring (bicyclic) bond motifs is 1. The highest BCUT2D eigenvalue weighted by Crippen LogP contribution is 2.20. The van der Waals surface area contributed by atoms with Crippen molar-refractivity contribution in [2.75, 3.05) is 34.8 Å². The number of rotatable bonds is 24. The maximum absolute atomic E-state index is 12.8. The Morgan fingerprint density at radius 3 is 1.56 bits per heavy atom. The number of nitrogen functional groups attached to an aromatic ring is 1. The van der Waals surface area contributed by atoms with Gasteiger partial charge in [-0.05, 0) is 56.4 Å². The molecule has 1 aliphatic heterocycles. The smallest absolute Gasteiger partial charge is 0.277 e. The van der Waals surface area contributed by atoms with E-state index in [-0.39, 0.29) is 23.2 Å². The van der Waals surface area contributed by atoms with Crippen LogP contribution in [0.15, 0.2) is 29.1 Å². The zero-order chi connectivity index (χ0) is 43.8. The Bertz CT molecular complexity index is 1970. The quantitative estimate of drug-likeness (QED) is 0.0474. The zero-order valence-electron chi connectivity index (χ0n) is 30.9. The van der Waals surface area contributed by atoms with E-state index in [0.29, 0.717) is 24.6 Å². The number of amides is 4. The first-order chi connectivity index (χ1) is 27.8. The minimum atomic E-state index is -1.86. The number of aliphatic carboxylic acids is 5. The summed E-state index contributed by atoms with van der Waals surface area (Å²) in [6.45, 7) is 0.742. The number of aromatic nitrogens is 2. The molecule has 25 nitrogen and oxygen atoms in total. The van der Waals surface area contributed by atoms with Crippen LogP contribution in [0.5, 0.6) is 0 Å². The number of nitrogens with two attached hydrogens (primary N) is 1. The summed E-state index contributed by atoms with van der Waals surface area (Å²) in [5, 5.41) is 74.0. The van der Waals surface area contributed by atoms with Crippen LogP contribution in [0.2, 0.25) is 0 Å². The maximum Gasteiger partial charge on any atom is 0.277 e. The second kappa shape index (κ2) is 21.7. The monoisotopic (exact) mass is 827 g/mol. The van der Waals surface area contributed by atoms with Crippen molar-refractivity contribution in [3.05, 3.63) is 40.2 Å². The highest BCUT2D eigenvalue weighted by molar-refractivity contribution is 5.97. The number of carbonyl (C=O) groups is 9. The SMILES string of the molecule is Nc1nc2c(c(=O)[nH]1)N[C@@H](CNc1ccc(C(=O)N[C@@H](CCC(=O)N[C@@H](CCC(=O)N[C@@H](CCC(=O)N[C@@H](CCC(=O)[O-])C(=O)[O-])C(=O)[O-])C(=O)[O-])C(=O)[O-])cc1)CN2. The number of benzene rings is 1. The molecule has 0 unspecified atom stereocenters. The lowest BCUT2D eigenvalue weighted by molar-refractivity contribution is -0.311. The summed E-state index contributed by atoms with van der Waals surface area (Å²) in [7, 11) is 0. The van der Waals surface area contributed by atoms with Crippen molar-refractivity contribution in [2.45, 2.75) is 81.6 Å². The van der Waals surface area contributed by atoms with Gasteiger partial charge in [-0.1, -0.05) is 0 Å². The van der Waals surface area contributed by atoms with Gasteiger partial charge in [-0.25, -0.2) is 0 Å². The molecule has 4 amide bonds. The largest absolute Gasteiger partial charge is 0.550 e. The number of hydrogen-bond donors (Lipinski definition) is 9. The molecule has 5 atom stereocenters. The minimum absolute atomic E-state index is 0.0368. The fraction of sp³-hybridized carbons (Fsp3) is 0.441. The molecule has 59 heavy (non-hydrogen) atoms. The van der Waals surface area contributed by atoms with Crippen LogP contribution in [-0.2, 0) is 38.4 Å². The molecule has 0 saturated heterocycles. The lowest BCUT2D eigenvalue weighted by Gasteiger charge is -2.27. The molecule has 320 valence electrons. The number of nitrogens with one attached hydrogen (secondary N) is 8. The van der Waals surface area contributed by atoms with Gasteiger partial charge in [0.25, 0.3) is 11.5 Å². The number of carbonyl (C=O) groups excluding carboxylic acids is 9. The van der Waals surface area contributed by atoms with E-state index in [2.05, 4.69) is 31.2 Å². The van der Waals surface area contributed by atoms with E-state index in [4.69, 9.17) is 5.73 Å². The average Bonchev–Trinajstić information content (AvgIpc) is 3.16. The van der Waals surface area contributed by atoms with Crippen molar-refractivity contribution in [1.82, 2.24) is 31.2 Å². The molecule has 10 N–H and O–H groups in total. The molecule has 0 radical (unpaired) electrons. The lowest BCUT2D eigenvalue weighted by Crippen LogP contribution is -2.51. The normalized spacial score (nSPS) is 14.9. The van der Waals surface area contributed by atoms with E-state index in [1.807, 2.05) is 16.0 Å². The minimum Gasteiger partial charge on any atom is -0.550 e. The summed E-state index contributed by atoms with van der Waals surface area (Å²) in [5.41, 5.74) is 5.95. The van der Waals surface area contributed by atoms with E-state index in [1.54, 1.807) is 0 Å². The molecule has 2 heterocycles. The second-order valence-electron chi connectivity index (χ2n) is 13.0. The van der Waals surface area contributed by atoms with Gasteiger partial charge in [0.2, 0.25) is 23.7 Å². The highest BCUT2D eigenvalue weighted by atomic mass is 16.4. The number of nitrogens with zero attached hydrogens (tertiary/aromatic N) is 1. The van der Waals surface area contributed by atoms with Crippen LogP contribution in [0.4, 0.5) is 23.1 Å². The number of anilines is 4. The number of hydrogen-bond acceptors (Lipinski definition) is 20. The summed E-state index contributed by atoms with van der Waals surface area (Å²) in [6.07, 6.45) is -5.10. The lowest BCUT2D eigenvalue weighted by atomic mass is 10.1. The zero-order valence-corrected chi connectivity index (χ0v) is 30.9. The fourth-order valence-corrected chi connectivity index (χ4v) is 5.46. The third kappa shape index (κ3) is 15.2. The maximum atomic E-state index is 12.8. The molecule has 0 fully saturated rings. The first-order valence-corrected chi connectivity index (χ1v) is 17.8. The van der Waals surface area contributed by atoms with Crippen molar-refractivity contribution in [2.24, 2.45) is 0 Å². The molecule has 0 saturated carbocycles. The van der Waals surface area contributed by atoms with Crippen molar-refractivity contribution >= 4 is 76.6 Å². The van der Waals surface area contributed by atoms with Crippen molar-refractivity contribution in [3.8, 4) is 0 Å². The molecule has 1 aliphatic rings. The van der Waals surface area contributed by atoms with Gasteiger partial charge in [-0.2, -0.15) is 4.98 Å².